The number of hydrogen-bond acceptors (Lipinski definition) is 5. The average Bonchev–Trinajstić information content (AvgIpc) is 3.44. The maximum absolute atomic E-state index is 12.8. The molecule has 1 unspecified atom stereocenters. The predicted octanol–water partition coefficient (Wildman–Crippen LogP) is 3.50. The Morgan fingerprint density at radius 1 is 1.26 bits per heavy atom. The molecule has 1 aliphatic heterocycles. The van der Waals surface area contributed by atoms with E-state index in [9.17, 15) is 9.59 Å². The van der Waals surface area contributed by atoms with Crippen molar-refractivity contribution in [3.05, 3.63) is 65.4 Å². The molecule has 138 valence electrons. The number of amides is 2. The van der Waals surface area contributed by atoms with Crippen LogP contribution >= 0.6 is 11.3 Å². The highest BCUT2D eigenvalue weighted by Gasteiger charge is 2.26. The van der Waals surface area contributed by atoms with Crippen LogP contribution in [0.4, 0.5) is 0 Å². The number of hydrogen-bond donors (Lipinski definition) is 1. The standard InChI is InChI=1S/C20H19N3O3S/c24-18-9-4-10-23(18)12-15(14-6-2-1-3-7-14)21-19(25)16-13-27-20(22-16)17-8-5-11-26-17/h1-3,5-8,11,13,15H,4,9-10,12H2,(H,21,25). The van der Waals surface area contributed by atoms with Crippen LogP contribution < -0.4 is 5.32 Å². The molecule has 0 bridgehead atoms. The first-order chi connectivity index (χ1) is 13.2. The highest BCUT2D eigenvalue weighted by atomic mass is 32.1. The normalized spacial score (nSPS) is 15.1. The monoisotopic (exact) mass is 381 g/mol. The van der Waals surface area contributed by atoms with Gasteiger partial charge in [0, 0.05) is 24.9 Å². The molecule has 1 aromatic carbocycles. The largest absolute Gasteiger partial charge is 0.462 e. The maximum atomic E-state index is 12.8. The zero-order chi connectivity index (χ0) is 18.6. The van der Waals surface area contributed by atoms with Crippen LogP contribution in [0, 0.1) is 0 Å². The zero-order valence-corrected chi connectivity index (χ0v) is 15.4. The lowest BCUT2D eigenvalue weighted by atomic mass is 10.1. The number of carbonyl (C=O) groups is 2. The van der Waals surface area contributed by atoms with Crippen LogP contribution in [0.2, 0.25) is 0 Å². The third kappa shape index (κ3) is 3.93. The van der Waals surface area contributed by atoms with Gasteiger partial charge in [0.25, 0.3) is 5.91 Å². The lowest BCUT2D eigenvalue weighted by molar-refractivity contribution is -0.128. The highest BCUT2D eigenvalue weighted by molar-refractivity contribution is 7.13. The minimum Gasteiger partial charge on any atom is -0.462 e. The number of nitrogens with one attached hydrogen (secondary N) is 1. The van der Waals surface area contributed by atoms with E-state index in [4.69, 9.17) is 4.42 Å². The van der Waals surface area contributed by atoms with E-state index in [1.54, 1.807) is 17.7 Å². The molecule has 1 N–H and O–H groups in total. The van der Waals surface area contributed by atoms with Crippen molar-refractivity contribution in [3.63, 3.8) is 0 Å². The first kappa shape index (κ1) is 17.5. The molecule has 7 heteroatoms. The molecule has 1 atom stereocenters. The fourth-order valence-corrected chi connectivity index (χ4v) is 3.93. The molecular weight excluding hydrogens is 362 g/mol. The molecular formula is C20H19N3O3S. The van der Waals surface area contributed by atoms with E-state index in [1.807, 2.05) is 41.3 Å². The SMILES string of the molecule is O=C(NC(CN1CCCC1=O)c1ccccc1)c1csc(-c2ccco2)n1. The molecule has 3 heterocycles. The van der Waals surface area contributed by atoms with E-state index in [0.717, 1.165) is 18.5 Å². The first-order valence-corrected chi connectivity index (χ1v) is 9.71. The van der Waals surface area contributed by atoms with Gasteiger partial charge in [0.1, 0.15) is 5.69 Å². The van der Waals surface area contributed by atoms with Crippen LogP contribution in [0.5, 0.6) is 0 Å². The number of likely N-dealkylation sites (tertiary alicyclic amines) is 1. The number of rotatable bonds is 6. The molecule has 27 heavy (non-hydrogen) atoms. The van der Waals surface area contributed by atoms with E-state index in [0.29, 0.717) is 29.4 Å². The summed E-state index contributed by atoms with van der Waals surface area (Å²) in [6, 6.07) is 13.0. The predicted molar refractivity (Wildman–Crippen MR) is 102 cm³/mol. The number of carbonyl (C=O) groups excluding carboxylic acids is 2. The quantitative estimate of drug-likeness (QED) is 0.709. The van der Waals surface area contributed by atoms with Gasteiger partial charge < -0.3 is 14.6 Å². The number of benzene rings is 1. The summed E-state index contributed by atoms with van der Waals surface area (Å²) < 4.78 is 5.34. The van der Waals surface area contributed by atoms with Gasteiger partial charge in [-0.1, -0.05) is 30.3 Å². The average molecular weight is 381 g/mol. The highest BCUT2D eigenvalue weighted by Crippen LogP contribution is 2.25. The molecule has 0 spiro atoms. The second-order valence-electron chi connectivity index (χ2n) is 6.40. The van der Waals surface area contributed by atoms with Crippen molar-refractivity contribution in [2.24, 2.45) is 0 Å². The minimum atomic E-state index is -0.283. The van der Waals surface area contributed by atoms with E-state index in [2.05, 4.69) is 10.3 Å². The number of nitrogens with zero attached hydrogens (tertiary/aromatic N) is 2. The molecule has 2 amide bonds. The fourth-order valence-electron chi connectivity index (χ4n) is 3.16. The van der Waals surface area contributed by atoms with Crippen LogP contribution in [0.3, 0.4) is 0 Å². The van der Waals surface area contributed by atoms with Crippen molar-refractivity contribution >= 4 is 23.2 Å². The summed E-state index contributed by atoms with van der Waals surface area (Å²) in [4.78, 5) is 31.0. The maximum Gasteiger partial charge on any atom is 0.271 e. The van der Waals surface area contributed by atoms with Gasteiger partial charge >= 0.3 is 0 Å². The van der Waals surface area contributed by atoms with Gasteiger partial charge in [-0.2, -0.15) is 0 Å². The molecule has 2 aromatic heterocycles. The number of furan rings is 1. The van der Waals surface area contributed by atoms with Crippen LogP contribution in [-0.2, 0) is 4.79 Å². The first-order valence-electron chi connectivity index (χ1n) is 8.84. The van der Waals surface area contributed by atoms with Crippen molar-refractivity contribution in [2.75, 3.05) is 13.1 Å². The molecule has 1 fully saturated rings. The van der Waals surface area contributed by atoms with Crippen molar-refractivity contribution in [1.82, 2.24) is 15.2 Å². The summed E-state index contributed by atoms with van der Waals surface area (Å²) in [6.45, 7) is 1.20. The van der Waals surface area contributed by atoms with Gasteiger partial charge in [-0.15, -0.1) is 11.3 Å². The summed E-state index contributed by atoms with van der Waals surface area (Å²) in [5, 5.41) is 5.42. The van der Waals surface area contributed by atoms with Crippen LogP contribution in [0.1, 0.15) is 34.9 Å². The Kier molecular flexibility index (Phi) is 5.02. The van der Waals surface area contributed by atoms with Crippen molar-refractivity contribution in [3.8, 4) is 10.8 Å². The van der Waals surface area contributed by atoms with Gasteiger partial charge in [0.2, 0.25) is 5.91 Å². The molecule has 0 aliphatic carbocycles. The van der Waals surface area contributed by atoms with E-state index >= 15 is 0 Å². The molecule has 1 saturated heterocycles. The fraction of sp³-hybridized carbons (Fsp3) is 0.250. The van der Waals surface area contributed by atoms with Gasteiger partial charge in [-0.3, -0.25) is 9.59 Å². The Morgan fingerprint density at radius 3 is 2.81 bits per heavy atom. The topological polar surface area (TPSA) is 75.4 Å². The molecule has 0 radical (unpaired) electrons. The van der Waals surface area contributed by atoms with E-state index < -0.39 is 0 Å². The summed E-state index contributed by atoms with van der Waals surface area (Å²) in [7, 11) is 0. The lowest BCUT2D eigenvalue weighted by Gasteiger charge is -2.25. The van der Waals surface area contributed by atoms with E-state index in [1.165, 1.54) is 11.3 Å². The Balaban J connectivity index is 1.52. The molecule has 6 nitrogen and oxygen atoms in total. The number of thiazole rings is 1. The van der Waals surface area contributed by atoms with Gasteiger partial charge in [-0.25, -0.2) is 4.98 Å². The smallest absolute Gasteiger partial charge is 0.271 e. The van der Waals surface area contributed by atoms with Crippen molar-refractivity contribution < 1.29 is 14.0 Å². The zero-order valence-electron chi connectivity index (χ0n) is 14.6. The Morgan fingerprint density at radius 2 is 2.11 bits per heavy atom. The van der Waals surface area contributed by atoms with Crippen molar-refractivity contribution in [1.29, 1.82) is 0 Å². The summed E-state index contributed by atoms with van der Waals surface area (Å²) in [6.07, 6.45) is 3.02. The van der Waals surface area contributed by atoms with Crippen LogP contribution in [0.25, 0.3) is 10.8 Å². The lowest BCUT2D eigenvalue weighted by Crippen LogP contribution is -2.38. The minimum absolute atomic E-state index is 0.138. The Hall–Kier alpha value is -2.93. The van der Waals surface area contributed by atoms with Gasteiger partial charge in [0.15, 0.2) is 10.8 Å². The molecule has 3 aromatic rings. The number of aromatic nitrogens is 1. The van der Waals surface area contributed by atoms with Crippen LogP contribution in [-0.4, -0.2) is 34.8 Å². The Bertz CT molecular complexity index is 921. The second-order valence-corrected chi connectivity index (χ2v) is 7.25. The van der Waals surface area contributed by atoms with Crippen molar-refractivity contribution in [2.45, 2.75) is 18.9 Å². The molecule has 0 saturated carbocycles. The Labute approximate surface area is 160 Å². The van der Waals surface area contributed by atoms with E-state index in [-0.39, 0.29) is 17.9 Å². The van der Waals surface area contributed by atoms with Gasteiger partial charge in [0.05, 0.1) is 12.3 Å². The summed E-state index contributed by atoms with van der Waals surface area (Å²) >= 11 is 1.36. The summed E-state index contributed by atoms with van der Waals surface area (Å²) in [5.41, 5.74) is 1.31. The summed E-state index contributed by atoms with van der Waals surface area (Å²) in [5.74, 6) is 0.518. The second kappa shape index (κ2) is 7.75. The molecule has 1 aliphatic rings. The third-order valence-electron chi connectivity index (χ3n) is 4.55. The molecule has 4 rings (SSSR count). The van der Waals surface area contributed by atoms with Gasteiger partial charge in [-0.05, 0) is 24.1 Å². The third-order valence-corrected chi connectivity index (χ3v) is 5.41. The van der Waals surface area contributed by atoms with Crippen LogP contribution in [0.15, 0.2) is 58.5 Å².